The molecule has 1 aromatic carbocycles. The summed E-state index contributed by atoms with van der Waals surface area (Å²) in [6, 6.07) is 7.65. The van der Waals surface area contributed by atoms with E-state index in [0.717, 1.165) is 55.2 Å². The molecule has 178 valence electrons. The van der Waals surface area contributed by atoms with Gasteiger partial charge in [0.1, 0.15) is 17.1 Å². The Labute approximate surface area is 197 Å². The third kappa shape index (κ3) is 5.62. The lowest BCUT2D eigenvalue weighted by atomic mass is 10.1. The number of nitrogens with zero attached hydrogens (tertiary/aromatic N) is 4. The molecule has 33 heavy (non-hydrogen) atoms. The molecule has 9 nitrogen and oxygen atoms in total. The lowest BCUT2D eigenvalue weighted by Crippen LogP contribution is -2.32. The SMILES string of the molecule is COc1cc(OC)c(-c2cn3ccc(N4CCCN(CCP(=O)(O)O)CC4)cc3n2)cc1Cl. The number of benzene rings is 1. The van der Waals surface area contributed by atoms with Crippen molar-refractivity contribution in [3.63, 3.8) is 0 Å². The molecule has 2 aromatic heterocycles. The summed E-state index contributed by atoms with van der Waals surface area (Å²) in [5.41, 5.74) is 3.40. The Bertz CT molecular complexity index is 1180. The predicted octanol–water partition coefficient (Wildman–Crippen LogP) is 3.36. The summed E-state index contributed by atoms with van der Waals surface area (Å²) in [5, 5.41) is 0.485. The summed E-state index contributed by atoms with van der Waals surface area (Å²) in [5.74, 6) is 1.17. The Balaban J connectivity index is 1.54. The van der Waals surface area contributed by atoms with Crippen molar-refractivity contribution in [2.75, 3.05) is 58.0 Å². The molecule has 1 fully saturated rings. The van der Waals surface area contributed by atoms with Gasteiger partial charge in [0.05, 0.1) is 31.1 Å². The number of hydrogen-bond donors (Lipinski definition) is 2. The van der Waals surface area contributed by atoms with Gasteiger partial charge in [0.2, 0.25) is 0 Å². The van der Waals surface area contributed by atoms with Crippen LogP contribution in [0.1, 0.15) is 6.42 Å². The van der Waals surface area contributed by atoms with Crippen LogP contribution in [0.5, 0.6) is 11.5 Å². The fraction of sp³-hybridized carbons (Fsp3) is 0.409. The van der Waals surface area contributed by atoms with Crippen LogP contribution in [-0.4, -0.2) is 77.2 Å². The summed E-state index contributed by atoms with van der Waals surface area (Å²) in [7, 11) is -0.813. The molecule has 0 unspecified atom stereocenters. The Morgan fingerprint density at radius 2 is 1.88 bits per heavy atom. The van der Waals surface area contributed by atoms with E-state index < -0.39 is 7.60 Å². The van der Waals surface area contributed by atoms with E-state index in [1.54, 1.807) is 26.4 Å². The van der Waals surface area contributed by atoms with Crippen LogP contribution in [0.2, 0.25) is 5.02 Å². The van der Waals surface area contributed by atoms with Crippen molar-refractivity contribution in [2.24, 2.45) is 0 Å². The van der Waals surface area contributed by atoms with Crippen molar-refractivity contribution in [1.29, 1.82) is 0 Å². The Kier molecular flexibility index (Phi) is 7.16. The fourth-order valence-corrected chi connectivity index (χ4v) is 4.87. The number of pyridine rings is 1. The average molecular weight is 495 g/mol. The molecule has 4 rings (SSSR count). The summed E-state index contributed by atoms with van der Waals surface area (Å²) >= 11 is 6.34. The first-order valence-electron chi connectivity index (χ1n) is 10.7. The molecule has 0 saturated carbocycles. The molecule has 1 aliphatic heterocycles. The average Bonchev–Trinajstić information content (AvgIpc) is 3.06. The van der Waals surface area contributed by atoms with Gasteiger partial charge in [-0.25, -0.2) is 4.98 Å². The topological polar surface area (TPSA) is 99.8 Å². The maximum absolute atomic E-state index is 11.2. The molecule has 2 N–H and O–H groups in total. The van der Waals surface area contributed by atoms with Gasteiger partial charge in [-0.3, -0.25) is 4.57 Å². The number of halogens is 1. The molecule has 0 radical (unpaired) electrons. The maximum Gasteiger partial charge on any atom is 0.326 e. The van der Waals surface area contributed by atoms with Crippen LogP contribution in [0.15, 0.2) is 36.7 Å². The minimum absolute atomic E-state index is 0.103. The van der Waals surface area contributed by atoms with Gasteiger partial charge in [0, 0.05) is 62.0 Å². The van der Waals surface area contributed by atoms with Crippen molar-refractivity contribution >= 4 is 30.5 Å². The van der Waals surface area contributed by atoms with E-state index in [9.17, 15) is 4.57 Å². The van der Waals surface area contributed by atoms with Gasteiger partial charge in [-0.1, -0.05) is 11.6 Å². The van der Waals surface area contributed by atoms with Crippen molar-refractivity contribution in [3.8, 4) is 22.8 Å². The summed E-state index contributed by atoms with van der Waals surface area (Å²) in [4.78, 5) is 27.5. The molecular formula is C22H28ClN4O5P. The molecule has 3 aromatic rings. The van der Waals surface area contributed by atoms with Crippen LogP contribution in [0.25, 0.3) is 16.9 Å². The molecule has 0 spiro atoms. The first kappa shape index (κ1) is 23.9. The van der Waals surface area contributed by atoms with Crippen molar-refractivity contribution in [1.82, 2.24) is 14.3 Å². The second-order valence-corrected chi connectivity index (χ2v) is 10.2. The number of imidazole rings is 1. The van der Waals surface area contributed by atoms with Crippen LogP contribution in [-0.2, 0) is 4.57 Å². The van der Waals surface area contributed by atoms with E-state index in [1.165, 1.54) is 0 Å². The summed E-state index contributed by atoms with van der Waals surface area (Å²) < 4.78 is 24.0. The Morgan fingerprint density at radius 1 is 1.09 bits per heavy atom. The van der Waals surface area contributed by atoms with Gasteiger partial charge in [-0.15, -0.1) is 0 Å². The van der Waals surface area contributed by atoms with Gasteiger partial charge < -0.3 is 33.5 Å². The highest BCUT2D eigenvalue weighted by Crippen LogP contribution is 2.38. The zero-order valence-electron chi connectivity index (χ0n) is 18.6. The van der Waals surface area contributed by atoms with Crippen LogP contribution in [0.4, 0.5) is 5.69 Å². The van der Waals surface area contributed by atoms with E-state index in [-0.39, 0.29) is 6.16 Å². The lowest BCUT2D eigenvalue weighted by molar-refractivity contribution is 0.297. The zero-order valence-corrected chi connectivity index (χ0v) is 20.3. The highest BCUT2D eigenvalue weighted by atomic mass is 35.5. The molecule has 0 atom stereocenters. The smallest absolute Gasteiger partial charge is 0.326 e. The highest BCUT2D eigenvalue weighted by molar-refractivity contribution is 7.51. The quantitative estimate of drug-likeness (QED) is 0.482. The van der Waals surface area contributed by atoms with Crippen LogP contribution < -0.4 is 14.4 Å². The number of ether oxygens (including phenoxy) is 2. The van der Waals surface area contributed by atoms with E-state index in [0.29, 0.717) is 23.1 Å². The number of aromatic nitrogens is 2. The molecular weight excluding hydrogens is 467 g/mol. The zero-order chi connectivity index (χ0) is 23.6. The molecule has 0 aliphatic carbocycles. The van der Waals surface area contributed by atoms with Gasteiger partial charge in [-0.2, -0.15) is 0 Å². The monoisotopic (exact) mass is 494 g/mol. The second kappa shape index (κ2) is 9.91. The van der Waals surface area contributed by atoms with Crippen molar-refractivity contribution in [3.05, 3.63) is 41.7 Å². The molecule has 0 amide bonds. The Hall–Kier alpha value is -2.29. The first-order valence-corrected chi connectivity index (χ1v) is 12.9. The minimum atomic E-state index is -3.97. The first-order chi connectivity index (χ1) is 15.8. The number of rotatable bonds is 7. The van der Waals surface area contributed by atoms with Crippen molar-refractivity contribution < 1.29 is 23.8 Å². The molecule has 11 heteroatoms. The van der Waals surface area contributed by atoms with E-state index in [4.69, 9.17) is 35.8 Å². The molecule has 0 bridgehead atoms. The summed E-state index contributed by atoms with van der Waals surface area (Å²) in [6.07, 6.45) is 4.74. The number of hydrogen-bond acceptors (Lipinski definition) is 6. The maximum atomic E-state index is 11.2. The second-order valence-electron chi connectivity index (χ2n) is 8.03. The number of fused-ring (bicyclic) bond motifs is 1. The van der Waals surface area contributed by atoms with Crippen molar-refractivity contribution in [2.45, 2.75) is 6.42 Å². The van der Waals surface area contributed by atoms with E-state index >= 15 is 0 Å². The third-order valence-corrected chi connectivity index (χ3v) is 6.93. The van der Waals surface area contributed by atoms with Crippen LogP contribution >= 0.6 is 19.2 Å². The van der Waals surface area contributed by atoms with Gasteiger partial charge in [-0.05, 0) is 25.1 Å². The van der Waals surface area contributed by atoms with Gasteiger partial charge >= 0.3 is 7.60 Å². The third-order valence-electron chi connectivity index (χ3n) is 5.85. The van der Waals surface area contributed by atoms with Gasteiger partial charge in [0.25, 0.3) is 0 Å². The van der Waals surface area contributed by atoms with E-state index in [2.05, 4.69) is 15.9 Å². The molecule has 1 saturated heterocycles. The van der Waals surface area contributed by atoms with Crippen LogP contribution in [0, 0.1) is 0 Å². The molecule has 3 heterocycles. The lowest BCUT2D eigenvalue weighted by Gasteiger charge is -2.23. The van der Waals surface area contributed by atoms with E-state index in [1.807, 2.05) is 22.9 Å². The molecule has 1 aliphatic rings. The normalized spacial score (nSPS) is 15.6. The minimum Gasteiger partial charge on any atom is -0.496 e. The fourth-order valence-electron chi connectivity index (χ4n) is 4.08. The largest absolute Gasteiger partial charge is 0.496 e. The van der Waals surface area contributed by atoms with Gasteiger partial charge in [0.15, 0.2) is 0 Å². The summed E-state index contributed by atoms with van der Waals surface area (Å²) in [6.45, 7) is 3.65. The number of methoxy groups -OCH3 is 2. The highest BCUT2D eigenvalue weighted by Gasteiger charge is 2.20. The standard InChI is InChI=1S/C22H28ClN4O5P/c1-31-20-14-21(32-2)18(23)13-17(20)19-15-27-7-4-16(12-22(27)24-19)26-6-3-5-25(8-9-26)10-11-33(28,29)30/h4,7,12-15H,3,5-6,8-11H2,1-2H3,(H2,28,29,30). The Morgan fingerprint density at radius 3 is 2.61 bits per heavy atom. The predicted molar refractivity (Wildman–Crippen MR) is 129 cm³/mol. The number of anilines is 1. The van der Waals surface area contributed by atoms with Crippen LogP contribution in [0.3, 0.4) is 0 Å².